The minimum Gasteiger partial charge on any atom is -0.320 e. The van der Waals surface area contributed by atoms with Crippen molar-refractivity contribution in [2.45, 2.75) is 6.92 Å². The highest BCUT2D eigenvalue weighted by Gasteiger charge is 2.17. The monoisotopic (exact) mass is 340 g/mol. The van der Waals surface area contributed by atoms with Crippen molar-refractivity contribution in [3.8, 4) is 0 Å². The van der Waals surface area contributed by atoms with Crippen molar-refractivity contribution in [1.29, 1.82) is 0 Å². The zero-order chi connectivity index (χ0) is 17.0. The number of anilines is 2. The zero-order valence-electron chi connectivity index (χ0n) is 12.1. The Morgan fingerprint density at radius 1 is 1.09 bits per heavy atom. The number of thiol groups is 1. The van der Waals surface area contributed by atoms with Crippen LogP contribution >= 0.6 is 0 Å². The number of halogens is 2. The van der Waals surface area contributed by atoms with Gasteiger partial charge in [-0.3, -0.25) is 9.10 Å². The van der Waals surface area contributed by atoms with Gasteiger partial charge >= 0.3 is 0 Å². The second kappa shape index (κ2) is 7.19. The van der Waals surface area contributed by atoms with E-state index in [1.807, 2.05) is 12.2 Å². The number of hydrogen-bond donors (Lipinski definition) is 2. The van der Waals surface area contributed by atoms with Crippen LogP contribution in [0.1, 0.15) is 5.56 Å². The van der Waals surface area contributed by atoms with Gasteiger partial charge in [-0.2, -0.15) is 0 Å². The van der Waals surface area contributed by atoms with Gasteiger partial charge in [0, 0.05) is 0 Å². The average Bonchev–Trinajstić information content (AvgIpc) is 2.49. The molecule has 2 rings (SSSR count). The summed E-state index contributed by atoms with van der Waals surface area (Å²) in [5, 5.41) is 2.05. The molecule has 122 valence electrons. The summed E-state index contributed by atoms with van der Waals surface area (Å²) in [4.78, 5) is 11.9. The van der Waals surface area contributed by atoms with Crippen molar-refractivity contribution in [2.24, 2.45) is 0 Å². The summed E-state index contributed by atoms with van der Waals surface area (Å²) in [6, 6.07) is 9.60. The molecule has 0 fully saturated rings. The maximum atomic E-state index is 13.5. The van der Waals surface area contributed by atoms with Gasteiger partial charge in [-0.25, -0.2) is 17.2 Å². The Kier molecular flexibility index (Phi) is 5.28. The zero-order valence-corrected chi connectivity index (χ0v) is 13.0. The number of para-hydroxylation sites is 1. The van der Waals surface area contributed by atoms with Crippen molar-refractivity contribution in [3.05, 3.63) is 59.7 Å². The van der Waals surface area contributed by atoms with Crippen molar-refractivity contribution in [2.75, 3.05) is 16.2 Å². The predicted molar refractivity (Wildman–Crippen MR) is 83.8 cm³/mol. The van der Waals surface area contributed by atoms with Crippen molar-refractivity contribution < 1.29 is 22.0 Å². The lowest BCUT2D eigenvalue weighted by molar-refractivity contribution is -0.114. The summed E-state index contributed by atoms with van der Waals surface area (Å²) in [5.74, 6) is -2.73. The molecule has 5 nitrogen and oxygen atoms in total. The average molecular weight is 340 g/mol. The van der Waals surface area contributed by atoms with Crippen LogP contribution in [0.4, 0.5) is 20.2 Å². The van der Waals surface area contributed by atoms with E-state index >= 15 is 0 Å². The Bertz CT molecular complexity index is 764. The van der Waals surface area contributed by atoms with Crippen molar-refractivity contribution in [1.82, 2.24) is 0 Å². The van der Waals surface area contributed by atoms with E-state index in [2.05, 4.69) is 0 Å². The lowest BCUT2D eigenvalue weighted by Gasteiger charge is -2.17. The van der Waals surface area contributed by atoms with Gasteiger partial charge in [-0.15, -0.1) is 0 Å². The Labute approximate surface area is 133 Å². The summed E-state index contributed by atoms with van der Waals surface area (Å²) in [5.41, 5.74) is 0.603. The number of nitrogens with zero attached hydrogens (tertiary/aromatic N) is 1. The SMILES string of the molecule is Cc1ccc(N(CC(=O)Nc2c(F)cccc2F)[SH](=O)=O)cc1. The molecule has 0 saturated heterocycles. The van der Waals surface area contributed by atoms with Crippen LogP contribution in [0.3, 0.4) is 0 Å². The fourth-order valence-electron chi connectivity index (χ4n) is 1.89. The summed E-state index contributed by atoms with van der Waals surface area (Å²) >= 11 is 0. The molecule has 2 aromatic rings. The fourth-order valence-corrected chi connectivity index (χ4v) is 2.46. The number of aryl methyl sites for hydroxylation is 1. The normalized spacial score (nSPS) is 10.6. The molecular weight excluding hydrogens is 326 g/mol. The topological polar surface area (TPSA) is 66.5 Å². The van der Waals surface area contributed by atoms with Gasteiger partial charge in [-0.05, 0) is 31.2 Å². The van der Waals surface area contributed by atoms with Crippen LogP contribution in [-0.4, -0.2) is 20.9 Å². The number of carbonyl (C=O) groups excluding carboxylic acids is 1. The summed E-state index contributed by atoms with van der Waals surface area (Å²) in [6.07, 6.45) is 0. The van der Waals surface area contributed by atoms with Crippen LogP contribution in [0.5, 0.6) is 0 Å². The first kappa shape index (κ1) is 16.9. The maximum absolute atomic E-state index is 13.5. The van der Waals surface area contributed by atoms with Gasteiger partial charge in [0.1, 0.15) is 23.9 Å². The van der Waals surface area contributed by atoms with E-state index in [1.54, 1.807) is 12.1 Å². The fraction of sp³-hybridized carbons (Fsp3) is 0.133. The first-order valence-electron chi connectivity index (χ1n) is 6.61. The van der Waals surface area contributed by atoms with Gasteiger partial charge < -0.3 is 5.32 Å². The van der Waals surface area contributed by atoms with E-state index in [0.717, 1.165) is 28.1 Å². The molecule has 8 heteroatoms. The molecule has 1 amide bonds. The molecule has 0 atom stereocenters. The molecule has 0 aliphatic heterocycles. The molecule has 0 bridgehead atoms. The summed E-state index contributed by atoms with van der Waals surface area (Å²) in [6.45, 7) is 1.24. The molecule has 0 aliphatic rings. The van der Waals surface area contributed by atoms with Gasteiger partial charge in [0.25, 0.3) is 0 Å². The lowest BCUT2D eigenvalue weighted by atomic mass is 10.2. The number of hydrogen-bond acceptors (Lipinski definition) is 3. The first-order valence-corrected chi connectivity index (χ1v) is 7.74. The number of rotatable bonds is 5. The summed E-state index contributed by atoms with van der Waals surface area (Å²) in [7, 11) is -3.09. The van der Waals surface area contributed by atoms with Crippen LogP contribution in [0.2, 0.25) is 0 Å². The number of amides is 1. The second-order valence-corrected chi connectivity index (χ2v) is 5.73. The minimum absolute atomic E-state index is 0.288. The van der Waals surface area contributed by atoms with Crippen LogP contribution in [0, 0.1) is 18.6 Å². The maximum Gasteiger partial charge on any atom is 0.245 e. The van der Waals surface area contributed by atoms with Gasteiger partial charge in [0.15, 0.2) is 0 Å². The van der Waals surface area contributed by atoms with Crippen LogP contribution in [0.15, 0.2) is 42.5 Å². The van der Waals surface area contributed by atoms with E-state index in [9.17, 15) is 22.0 Å². The van der Waals surface area contributed by atoms with E-state index in [1.165, 1.54) is 12.1 Å². The van der Waals surface area contributed by atoms with Crippen molar-refractivity contribution in [3.63, 3.8) is 0 Å². The van der Waals surface area contributed by atoms with E-state index < -0.39 is 40.7 Å². The Morgan fingerprint density at radius 3 is 2.17 bits per heavy atom. The number of carbonyl (C=O) groups is 1. The molecule has 0 radical (unpaired) electrons. The Balaban J connectivity index is 2.17. The van der Waals surface area contributed by atoms with E-state index in [0.29, 0.717) is 0 Å². The van der Waals surface area contributed by atoms with Crippen LogP contribution in [-0.2, 0) is 15.7 Å². The minimum atomic E-state index is -3.09. The highest BCUT2D eigenvalue weighted by atomic mass is 32.2. The standard InChI is InChI=1S/C15H14F2N2O3S/c1-10-5-7-11(8-6-10)19(23(21)22)9-14(20)18-15-12(16)3-2-4-13(15)17/h2-8,23H,9H2,1H3,(H,18,20). The third kappa shape index (κ3) is 4.26. The second-order valence-electron chi connectivity index (χ2n) is 4.78. The smallest absolute Gasteiger partial charge is 0.245 e. The molecule has 23 heavy (non-hydrogen) atoms. The molecule has 0 spiro atoms. The van der Waals surface area contributed by atoms with Crippen LogP contribution in [0.25, 0.3) is 0 Å². The Hall–Kier alpha value is -2.48. The molecule has 0 aliphatic carbocycles. The Morgan fingerprint density at radius 2 is 1.65 bits per heavy atom. The third-order valence-electron chi connectivity index (χ3n) is 3.05. The number of nitrogens with one attached hydrogen (secondary N) is 1. The van der Waals surface area contributed by atoms with Gasteiger partial charge in [0.2, 0.25) is 16.8 Å². The predicted octanol–water partition coefficient (Wildman–Crippen LogP) is 2.24. The number of benzene rings is 2. The van der Waals surface area contributed by atoms with E-state index in [4.69, 9.17) is 0 Å². The summed E-state index contributed by atoms with van der Waals surface area (Å²) < 4.78 is 50.5. The molecule has 0 saturated carbocycles. The lowest BCUT2D eigenvalue weighted by Crippen LogP contribution is -2.32. The molecule has 0 aromatic heterocycles. The largest absolute Gasteiger partial charge is 0.320 e. The molecule has 2 aromatic carbocycles. The van der Waals surface area contributed by atoms with Crippen LogP contribution < -0.4 is 9.62 Å². The third-order valence-corrected chi connectivity index (χ3v) is 3.82. The van der Waals surface area contributed by atoms with Gasteiger partial charge in [-0.1, -0.05) is 23.8 Å². The highest BCUT2D eigenvalue weighted by molar-refractivity contribution is 7.74. The van der Waals surface area contributed by atoms with E-state index in [-0.39, 0.29) is 5.69 Å². The molecule has 0 unspecified atom stereocenters. The molecular formula is C15H14F2N2O3S. The molecule has 0 heterocycles. The quantitative estimate of drug-likeness (QED) is 0.821. The molecule has 1 N–H and O–H groups in total. The van der Waals surface area contributed by atoms with Gasteiger partial charge in [0.05, 0.1) is 5.69 Å². The van der Waals surface area contributed by atoms with Crippen molar-refractivity contribution >= 4 is 28.2 Å². The first-order chi connectivity index (χ1) is 10.9. The highest BCUT2D eigenvalue weighted by Crippen LogP contribution is 2.19.